The van der Waals surface area contributed by atoms with Gasteiger partial charge in [0.2, 0.25) is 11.8 Å². The van der Waals surface area contributed by atoms with Crippen LogP contribution in [-0.4, -0.2) is 60.0 Å². The maximum atomic E-state index is 12.6. The first-order valence-electron chi connectivity index (χ1n) is 10.1. The predicted molar refractivity (Wildman–Crippen MR) is 116 cm³/mol. The van der Waals surface area contributed by atoms with Crippen LogP contribution in [0.1, 0.15) is 25.3 Å². The fraction of sp³-hybridized carbons (Fsp3) is 0.409. The van der Waals surface area contributed by atoms with E-state index in [4.69, 9.17) is 4.74 Å². The number of nitrogens with zero attached hydrogens (tertiary/aromatic N) is 4. The van der Waals surface area contributed by atoms with E-state index in [0.717, 1.165) is 18.4 Å². The van der Waals surface area contributed by atoms with E-state index in [0.29, 0.717) is 35.9 Å². The first-order chi connectivity index (χ1) is 14.9. The maximum Gasteiger partial charge on any atom is 0.244 e. The van der Waals surface area contributed by atoms with Crippen LogP contribution < -0.4 is 10.6 Å². The van der Waals surface area contributed by atoms with Crippen LogP contribution >= 0.6 is 0 Å². The second-order valence-electron chi connectivity index (χ2n) is 7.54. The Labute approximate surface area is 181 Å². The minimum absolute atomic E-state index is 0.0268. The van der Waals surface area contributed by atoms with Gasteiger partial charge >= 0.3 is 0 Å². The summed E-state index contributed by atoms with van der Waals surface area (Å²) in [6.45, 7) is 2.67. The van der Waals surface area contributed by atoms with Gasteiger partial charge < -0.3 is 20.3 Å². The molecule has 1 aromatic carbocycles. The number of likely N-dealkylation sites (N-methyl/N-ethyl adjacent to an activating group) is 1. The highest BCUT2D eigenvalue weighted by Crippen LogP contribution is 2.30. The molecule has 3 rings (SSSR count). The molecule has 1 aromatic heterocycles. The fourth-order valence-electron chi connectivity index (χ4n) is 3.00. The monoisotopic (exact) mass is 422 g/mol. The average molecular weight is 422 g/mol. The van der Waals surface area contributed by atoms with Crippen LogP contribution in [0.3, 0.4) is 0 Å². The van der Waals surface area contributed by atoms with Gasteiger partial charge in [0.05, 0.1) is 35.9 Å². The van der Waals surface area contributed by atoms with E-state index in [-0.39, 0.29) is 17.7 Å². The average Bonchev–Trinajstić information content (AvgIpc) is 3.63. The lowest BCUT2D eigenvalue weighted by atomic mass is 10.1. The van der Waals surface area contributed by atoms with E-state index >= 15 is 0 Å². The molecule has 1 saturated carbocycles. The molecule has 0 bridgehead atoms. The van der Waals surface area contributed by atoms with Gasteiger partial charge in [-0.3, -0.25) is 14.6 Å². The summed E-state index contributed by atoms with van der Waals surface area (Å²) in [5.41, 5.74) is 2.28. The molecule has 31 heavy (non-hydrogen) atoms. The van der Waals surface area contributed by atoms with Gasteiger partial charge in [-0.15, -0.1) is 0 Å². The number of carbonyl (C=O) groups is 2. The van der Waals surface area contributed by atoms with Crippen LogP contribution in [0.25, 0.3) is 11.3 Å². The molecule has 0 spiro atoms. The Hall–Kier alpha value is -3.51. The third kappa shape index (κ3) is 5.77. The van der Waals surface area contributed by atoms with Crippen LogP contribution in [0.15, 0.2) is 30.6 Å². The molecule has 2 amide bonds. The molecule has 1 aliphatic carbocycles. The first-order valence-corrected chi connectivity index (χ1v) is 10.1. The van der Waals surface area contributed by atoms with E-state index in [9.17, 15) is 14.9 Å². The van der Waals surface area contributed by atoms with Gasteiger partial charge in [-0.1, -0.05) is 6.07 Å². The summed E-state index contributed by atoms with van der Waals surface area (Å²) >= 11 is 0. The van der Waals surface area contributed by atoms with Crippen molar-refractivity contribution in [3.05, 3.63) is 36.2 Å². The number of carbonyl (C=O) groups excluding carboxylic acids is 2. The molecule has 9 heteroatoms. The van der Waals surface area contributed by atoms with Crippen molar-refractivity contribution in [2.24, 2.45) is 5.92 Å². The number of hydrogen-bond donors (Lipinski definition) is 2. The molecular formula is C22H26N6O3. The molecule has 1 heterocycles. The zero-order chi connectivity index (χ0) is 22.4. The lowest BCUT2D eigenvalue weighted by molar-refractivity contribution is -0.130. The fourth-order valence-corrected chi connectivity index (χ4v) is 3.00. The van der Waals surface area contributed by atoms with Crippen LogP contribution in [0, 0.1) is 17.2 Å². The lowest BCUT2D eigenvalue weighted by Gasteiger charge is -2.23. The molecule has 1 unspecified atom stereocenters. The van der Waals surface area contributed by atoms with Crippen molar-refractivity contribution in [2.45, 2.75) is 25.8 Å². The lowest BCUT2D eigenvalue weighted by Crippen LogP contribution is -2.40. The van der Waals surface area contributed by atoms with Crippen molar-refractivity contribution in [1.29, 1.82) is 5.26 Å². The van der Waals surface area contributed by atoms with Crippen molar-refractivity contribution in [1.82, 2.24) is 14.9 Å². The number of amides is 2. The number of rotatable bonds is 9. The number of hydrogen-bond acceptors (Lipinski definition) is 7. The van der Waals surface area contributed by atoms with Crippen LogP contribution in [-0.2, 0) is 14.3 Å². The summed E-state index contributed by atoms with van der Waals surface area (Å²) in [5.74, 6) is 0.362. The Kier molecular flexibility index (Phi) is 7.15. The number of nitriles is 1. The third-order valence-corrected chi connectivity index (χ3v) is 5.04. The van der Waals surface area contributed by atoms with E-state index in [1.807, 2.05) is 0 Å². The minimum Gasteiger partial charge on any atom is -0.383 e. The predicted octanol–water partition coefficient (Wildman–Crippen LogP) is 2.27. The maximum absolute atomic E-state index is 12.6. The Morgan fingerprint density at radius 2 is 2.10 bits per heavy atom. The normalized spacial score (nSPS) is 13.7. The topological polar surface area (TPSA) is 120 Å². The van der Waals surface area contributed by atoms with E-state index in [1.54, 1.807) is 50.4 Å². The van der Waals surface area contributed by atoms with Gasteiger partial charge in [0.25, 0.3) is 0 Å². The highest BCUT2D eigenvalue weighted by molar-refractivity contribution is 5.93. The molecule has 0 radical (unpaired) electrons. The number of nitrogens with one attached hydrogen (secondary N) is 2. The number of aromatic nitrogens is 2. The molecule has 1 atom stereocenters. The van der Waals surface area contributed by atoms with Crippen LogP contribution in [0.5, 0.6) is 0 Å². The second-order valence-corrected chi connectivity index (χ2v) is 7.54. The van der Waals surface area contributed by atoms with Crippen LogP contribution in [0.2, 0.25) is 0 Å². The van der Waals surface area contributed by atoms with Gasteiger partial charge in [-0.2, -0.15) is 5.26 Å². The van der Waals surface area contributed by atoms with Gasteiger partial charge in [-0.25, -0.2) is 4.98 Å². The summed E-state index contributed by atoms with van der Waals surface area (Å²) in [6.07, 6.45) is 4.92. The quantitative estimate of drug-likeness (QED) is 0.636. The number of anilines is 2. The standard InChI is InChI=1S/C22H26N6O3/c1-14(22(30)28(2)8-9-31-3)26-18-10-16(6-7-17(18)11-23)19-12-25-20(13-24-19)27-21(29)15-4-5-15/h6-7,10,12-15,26H,4-5,8-9H2,1-3H3,(H,25,27,29). The van der Waals surface area contributed by atoms with E-state index in [2.05, 4.69) is 26.7 Å². The number of ether oxygens (including phenoxy) is 1. The van der Waals surface area contributed by atoms with Crippen molar-refractivity contribution < 1.29 is 14.3 Å². The molecule has 2 N–H and O–H groups in total. The molecule has 1 fully saturated rings. The van der Waals surface area contributed by atoms with Gasteiger partial charge in [0.1, 0.15) is 12.1 Å². The number of benzene rings is 1. The molecule has 162 valence electrons. The van der Waals surface area contributed by atoms with Crippen molar-refractivity contribution in [3.8, 4) is 17.3 Å². The van der Waals surface area contributed by atoms with Crippen molar-refractivity contribution in [3.63, 3.8) is 0 Å². The highest BCUT2D eigenvalue weighted by Gasteiger charge is 2.29. The third-order valence-electron chi connectivity index (χ3n) is 5.04. The molecule has 9 nitrogen and oxygen atoms in total. The zero-order valence-electron chi connectivity index (χ0n) is 17.9. The second kappa shape index (κ2) is 10.00. The highest BCUT2D eigenvalue weighted by atomic mass is 16.5. The minimum atomic E-state index is -0.532. The summed E-state index contributed by atoms with van der Waals surface area (Å²) in [4.78, 5) is 34.6. The van der Waals surface area contributed by atoms with E-state index < -0.39 is 6.04 Å². The van der Waals surface area contributed by atoms with Crippen molar-refractivity contribution >= 4 is 23.3 Å². The Bertz CT molecular complexity index is 982. The molecule has 0 aliphatic heterocycles. The SMILES string of the molecule is COCCN(C)C(=O)C(C)Nc1cc(-c2cnc(NC(=O)C3CC3)cn2)ccc1C#N. The Morgan fingerprint density at radius 3 is 2.71 bits per heavy atom. The Morgan fingerprint density at radius 1 is 1.32 bits per heavy atom. The number of methoxy groups -OCH3 is 1. The summed E-state index contributed by atoms with van der Waals surface area (Å²) in [5, 5.41) is 15.3. The molecule has 0 saturated heterocycles. The van der Waals surface area contributed by atoms with Gasteiger partial charge in [-0.05, 0) is 31.9 Å². The van der Waals surface area contributed by atoms with Gasteiger partial charge in [0, 0.05) is 32.2 Å². The molecular weight excluding hydrogens is 396 g/mol. The zero-order valence-corrected chi connectivity index (χ0v) is 17.9. The summed E-state index contributed by atoms with van der Waals surface area (Å²) < 4.78 is 5.01. The molecule has 1 aliphatic rings. The summed E-state index contributed by atoms with van der Waals surface area (Å²) in [7, 11) is 3.29. The smallest absolute Gasteiger partial charge is 0.244 e. The van der Waals surface area contributed by atoms with Gasteiger partial charge in [0.15, 0.2) is 5.82 Å². The van der Waals surface area contributed by atoms with Crippen molar-refractivity contribution in [2.75, 3.05) is 37.9 Å². The largest absolute Gasteiger partial charge is 0.383 e. The molecule has 2 aromatic rings. The van der Waals surface area contributed by atoms with Crippen LogP contribution in [0.4, 0.5) is 11.5 Å². The Balaban J connectivity index is 1.73. The summed E-state index contributed by atoms with van der Waals surface area (Å²) in [6, 6.07) is 6.82. The first kappa shape index (κ1) is 22.2. The van der Waals surface area contributed by atoms with E-state index in [1.165, 1.54) is 6.20 Å².